The summed E-state index contributed by atoms with van der Waals surface area (Å²) in [6, 6.07) is 5.72. The maximum atomic E-state index is 11.4. The Morgan fingerprint density at radius 1 is 1.29 bits per heavy atom. The van der Waals surface area contributed by atoms with Gasteiger partial charge in [-0.1, -0.05) is 39.8 Å². The molecule has 2 rings (SSSR count). The van der Waals surface area contributed by atoms with Crippen LogP contribution in [0.3, 0.4) is 0 Å². The minimum Gasteiger partial charge on any atom is -0.400 e. The van der Waals surface area contributed by atoms with E-state index < -0.39 is 18.3 Å². The molecule has 0 saturated carbocycles. The van der Waals surface area contributed by atoms with Gasteiger partial charge in [-0.25, -0.2) is 0 Å². The number of carbonyl (C=O) groups is 1. The van der Waals surface area contributed by atoms with Gasteiger partial charge in [0.05, 0.1) is 11.2 Å². The largest absolute Gasteiger partial charge is 0.491 e. The quantitative estimate of drug-likeness (QED) is 0.590. The van der Waals surface area contributed by atoms with Crippen molar-refractivity contribution in [2.45, 2.75) is 45.8 Å². The summed E-state index contributed by atoms with van der Waals surface area (Å²) < 4.78 is 13.2. The molecule has 4 nitrogen and oxygen atoms in total. The summed E-state index contributed by atoms with van der Waals surface area (Å²) >= 11 is 4.65. The number of nitrogens with two attached hydrogens (primary N) is 1. The number of anilines is 1. The van der Waals surface area contributed by atoms with Crippen LogP contribution in [0.15, 0.2) is 28.1 Å². The number of thioether (sulfide) groups is 1. The molecule has 1 aliphatic heterocycles. The molecule has 1 saturated heterocycles. The number of benzene rings is 1. The van der Waals surface area contributed by atoms with Gasteiger partial charge < -0.3 is 15.0 Å². The maximum Gasteiger partial charge on any atom is 0.491 e. The number of nitrogen functional groups attached to an aromatic ring is 1. The van der Waals surface area contributed by atoms with E-state index in [1.165, 1.54) is 11.8 Å². The molecule has 1 aromatic rings. The lowest BCUT2D eigenvalue weighted by Gasteiger charge is -2.32. The van der Waals surface area contributed by atoms with E-state index in [0.717, 1.165) is 15.5 Å². The minimum atomic E-state index is -0.495. The first kappa shape index (κ1) is 19.6. The van der Waals surface area contributed by atoms with Crippen molar-refractivity contribution < 1.29 is 14.1 Å². The summed E-state index contributed by atoms with van der Waals surface area (Å²) in [7, 11) is -0.495. The van der Waals surface area contributed by atoms with Crippen LogP contribution in [-0.4, -0.2) is 29.2 Å². The van der Waals surface area contributed by atoms with Gasteiger partial charge in [0.15, 0.2) is 5.12 Å². The number of hydrogen-bond donors (Lipinski definition) is 1. The summed E-state index contributed by atoms with van der Waals surface area (Å²) in [6.45, 7) is 9.60. The zero-order valence-electron chi connectivity index (χ0n) is 14.7. The monoisotopic (exact) mass is 411 g/mol. The van der Waals surface area contributed by atoms with Gasteiger partial charge in [-0.05, 0) is 50.9 Å². The molecule has 0 bridgehead atoms. The van der Waals surface area contributed by atoms with E-state index in [1.54, 1.807) is 6.92 Å². The Hall–Kier alpha value is -0.755. The summed E-state index contributed by atoms with van der Waals surface area (Å²) in [5, 5.41) is 0.0567. The zero-order chi connectivity index (χ0) is 18.1. The van der Waals surface area contributed by atoms with Crippen LogP contribution in [0.1, 0.15) is 40.2 Å². The molecule has 130 valence electrons. The van der Waals surface area contributed by atoms with E-state index in [2.05, 4.69) is 15.9 Å². The van der Waals surface area contributed by atoms with Crippen molar-refractivity contribution in [3.63, 3.8) is 0 Å². The van der Waals surface area contributed by atoms with Gasteiger partial charge in [0.2, 0.25) is 0 Å². The molecule has 1 fully saturated rings. The highest BCUT2D eigenvalue weighted by Crippen LogP contribution is 2.39. The first-order chi connectivity index (χ1) is 11.0. The van der Waals surface area contributed by atoms with Crippen molar-refractivity contribution in [1.29, 1.82) is 0 Å². The van der Waals surface area contributed by atoms with Crippen LogP contribution in [0.4, 0.5) is 5.69 Å². The van der Waals surface area contributed by atoms with Gasteiger partial charge in [0.25, 0.3) is 0 Å². The van der Waals surface area contributed by atoms with E-state index in [1.807, 2.05) is 52.0 Å². The van der Waals surface area contributed by atoms with Crippen molar-refractivity contribution in [3.8, 4) is 0 Å². The molecule has 24 heavy (non-hydrogen) atoms. The molecule has 7 heteroatoms. The van der Waals surface area contributed by atoms with E-state index in [-0.39, 0.29) is 5.12 Å². The van der Waals surface area contributed by atoms with Gasteiger partial charge in [0, 0.05) is 22.8 Å². The van der Waals surface area contributed by atoms with Gasteiger partial charge in [0.1, 0.15) is 0 Å². The highest BCUT2D eigenvalue weighted by atomic mass is 79.9. The van der Waals surface area contributed by atoms with Crippen LogP contribution < -0.4 is 5.73 Å². The van der Waals surface area contributed by atoms with Crippen LogP contribution in [0, 0.1) is 0 Å². The van der Waals surface area contributed by atoms with Crippen molar-refractivity contribution in [2.75, 3.05) is 11.5 Å². The van der Waals surface area contributed by atoms with E-state index in [9.17, 15) is 4.79 Å². The fourth-order valence-corrected chi connectivity index (χ4v) is 3.20. The van der Waals surface area contributed by atoms with E-state index >= 15 is 0 Å². The van der Waals surface area contributed by atoms with Gasteiger partial charge >= 0.3 is 7.12 Å². The Balaban J connectivity index is 2.35. The van der Waals surface area contributed by atoms with Gasteiger partial charge in [-0.3, -0.25) is 4.79 Å². The standard InChI is InChI=1S/C17H23BBrNO3S/c1-11(21)24-10-13(8-12-6-7-14(19)9-15(12)20)18-22-16(2,3)17(4,5)23-18/h6-9H,10,20H2,1-5H3. The van der Waals surface area contributed by atoms with Gasteiger partial charge in [-0.15, -0.1) is 0 Å². The SMILES string of the molecule is CC(=O)SCC(=Cc1ccc(Br)cc1N)B1OC(C)(C)C(C)(C)O1. The second-order valence-electron chi connectivity index (χ2n) is 6.86. The van der Waals surface area contributed by atoms with Crippen LogP contribution in [0.5, 0.6) is 0 Å². The first-order valence-corrected chi connectivity index (χ1v) is 9.54. The van der Waals surface area contributed by atoms with Crippen molar-refractivity contribution >= 4 is 51.7 Å². The average Bonchev–Trinajstić information content (AvgIpc) is 2.65. The third kappa shape index (κ3) is 4.45. The van der Waals surface area contributed by atoms with Crippen LogP contribution in [0.2, 0.25) is 0 Å². The third-order valence-electron chi connectivity index (χ3n) is 4.39. The molecule has 0 aromatic heterocycles. The Labute approximate surface area is 156 Å². The second kappa shape index (κ2) is 7.24. The fraction of sp³-hybridized carbons (Fsp3) is 0.471. The molecule has 0 radical (unpaired) electrons. The topological polar surface area (TPSA) is 61.6 Å². The van der Waals surface area contributed by atoms with E-state index in [0.29, 0.717) is 11.4 Å². The lowest BCUT2D eigenvalue weighted by Crippen LogP contribution is -2.41. The fourth-order valence-electron chi connectivity index (χ4n) is 2.23. The third-order valence-corrected chi connectivity index (χ3v) is 5.77. The lowest BCUT2D eigenvalue weighted by atomic mass is 9.78. The zero-order valence-corrected chi connectivity index (χ0v) is 17.1. The van der Waals surface area contributed by atoms with E-state index in [4.69, 9.17) is 15.0 Å². The molecular weight excluding hydrogens is 389 g/mol. The molecule has 0 atom stereocenters. The summed E-state index contributed by atoms with van der Waals surface area (Å²) in [5.74, 6) is 0.502. The highest BCUT2D eigenvalue weighted by Gasteiger charge is 2.52. The number of carbonyl (C=O) groups excluding carboxylic acids is 1. The number of hydrogen-bond acceptors (Lipinski definition) is 5. The molecule has 1 aliphatic rings. The smallest absolute Gasteiger partial charge is 0.400 e. The predicted molar refractivity (Wildman–Crippen MR) is 106 cm³/mol. The van der Waals surface area contributed by atoms with Crippen LogP contribution in [-0.2, 0) is 14.1 Å². The lowest BCUT2D eigenvalue weighted by molar-refractivity contribution is -0.109. The van der Waals surface area contributed by atoms with Crippen LogP contribution in [0.25, 0.3) is 6.08 Å². The molecule has 1 aromatic carbocycles. The number of halogens is 1. The van der Waals surface area contributed by atoms with Crippen molar-refractivity contribution in [1.82, 2.24) is 0 Å². The molecule has 2 N–H and O–H groups in total. The Kier molecular flexibility index (Phi) is 5.90. The molecular formula is C17H23BBrNO3S. The molecule has 0 amide bonds. The van der Waals surface area contributed by atoms with Gasteiger partial charge in [-0.2, -0.15) is 0 Å². The molecule has 0 aliphatic carbocycles. The Morgan fingerprint density at radius 3 is 2.38 bits per heavy atom. The predicted octanol–water partition coefficient (Wildman–Crippen LogP) is 4.33. The van der Waals surface area contributed by atoms with Crippen molar-refractivity contribution in [3.05, 3.63) is 33.7 Å². The first-order valence-electron chi connectivity index (χ1n) is 7.76. The average molecular weight is 412 g/mol. The molecule has 0 spiro atoms. The minimum absolute atomic E-state index is 0.0567. The Bertz CT molecular complexity index is 660. The molecule has 1 heterocycles. The second-order valence-corrected chi connectivity index (χ2v) is 8.93. The summed E-state index contributed by atoms with van der Waals surface area (Å²) in [4.78, 5) is 11.4. The normalized spacial score (nSPS) is 19.6. The molecule has 0 unspecified atom stereocenters. The van der Waals surface area contributed by atoms with Crippen molar-refractivity contribution in [2.24, 2.45) is 0 Å². The van der Waals surface area contributed by atoms with Crippen LogP contribution >= 0.6 is 27.7 Å². The highest BCUT2D eigenvalue weighted by molar-refractivity contribution is 9.10. The number of rotatable bonds is 4. The maximum absolute atomic E-state index is 11.4. The summed E-state index contributed by atoms with van der Waals surface area (Å²) in [5.41, 5.74) is 7.68. The summed E-state index contributed by atoms with van der Waals surface area (Å²) in [6.07, 6.45) is 1.96. The Morgan fingerprint density at radius 2 is 1.88 bits per heavy atom.